The molecule has 1 aromatic carbocycles. The maximum absolute atomic E-state index is 4.78. The number of nitrogens with one attached hydrogen (secondary N) is 2. The average molecular weight is 487 g/mol. The number of benzene rings is 1. The van der Waals surface area contributed by atoms with Crippen molar-refractivity contribution < 1.29 is 0 Å². The number of hydrogen-bond acceptors (Lipinski definition) is 3. The molecule has 1 aliphatic rings. The Balaban J connectivity index is 0.00000364. The van der Waals surface area contributed by atoms with Crippen molar-refractivity contribution in [3.8, 4) is 0 Å². The first-order valence-corrected chi connectivity index (χ1v) is 10.2. The summed E-state index contributed by atoms with van der Waals surface area (Å²) in [6.07, 6.45) is 3.66. The van der Waals surface area contributed by atoms with Gasteiger partial charge < -0.3 is 20.4 Å². The number of likely N-dealkylation sites (tertiary alicyclic amines) is 1. The van der Waals surface area contributed by atoms with Gasteiger partial charge >= 0.3 is 0 Å². The van der Waals surface area contributed by atoms with E-state index in [-0.39, 0.29) is 24.0 Å². The third-order valence-corrected chi connectivity index (χ3v) is 4.86. The number of rotatable bonds is 9. The zero-order valence-corrected chi connectivity index (χ0v) is 19.6. The Kier molecular flexibility index (Phi) is 12.7. The topological polar surface area (TPSA) is 42.9 Å². The zero-order valence-electron chi connectivity index (χ0n) is 17.3. The lowest BCUT2D eigenvalue weighted by atomic mass is 10.1. The maximum Gasteiger partial charge on any atom is 0.191 e. The number of guanidine groups is 1. The summed E-state index contributed by atoms with van der Waals surface area (Å²) >= 11 is 0. The number of halogens is 1. The first kappa shape index (κ1) is 24.2. The van der Waals surface area contributed by atoms with E-state index >= 15 is 0 Å². The van der Waals surface area contributed by atoms with E-state index in [1.807, 2.05) is 0 Å². The van der Waals surface area contributed by atoms with Crippen molar-refractivity contribution >= 4 is 29.9 Å². The molecule has 0 saturated carbocycles. The second-order valence-corrected chi connectivity index (χ2v) is 7.24. The van der Waals surface area contributed by atoms with Crippen LogP contribution in [0.15, 0.2) is 35.3 Å². The molecule has 1 aromatic rings. The van der Waals surface area contributed by atoms with E-state index in [2.05, 4.69) is 71.7 Å². The quantitative estimate of drug-likeness (QED) is 0.319. The molecule has 2 rings (SSSR count). The van der Waals surface area contributed by atoms with Gasteiger partial charge in [-0.3, -0.25) is 4.99 Å². The van der Waals surface area contributed by atoms with Gasteiger partial charge in [0.2, 0.25) is 0 Å². The van der Waals surface area contributed by atoms with Gasteiger partial charge in [0.25, 0.3) is 0 Å². The summed E-state index contributed by atoms with van der Waals surface area (Å²) in [5.41, 5.74) is 1.35. The molecule has 1 saturated heterocycles. The standard InChI is InChI=1S/C21H37N5.HI/c1-4-14-26-15-11-20(12-16-26)24-21(22-5-2)23-13-17-25(3)18-19-9-7-6-8-10-19;/h6-10,20H,4-5,11-18H2,1-3H3,(H2,22,23,24);1H. The fourth-order valence-electron chi connectivity index (χ4n) is 3.44. The fraction of sp³-hybridized carbons (Fsp3) is 0.667. The Labute approximate surface area is 183 Å². The van der Waals surface area contributed by atoms with Gasteiger partial charge in [0.15, 0.2) is 5.96 Å². The number of nitrogens with zero attached hydrogens (tertiary/aromatic N) is 3. The molecule has 0 bridgehead atoms. The molecule has 0 aliphatic carbocycles. The molecule has 0 radical (unpaired) electrons. The molecule has 0 spiro atoms. The van der Waals surface area contributed by atoms with Crippen molar-refractivity contribution in [2.75, 3.05) is 46.3 Å². The predicted octanol–water partition coefficient (Wildman–Crippen LogP) is 3.17. The third-order valence-electron chi connectivity index (χ3n) is 4.86. The Bertz CT molecular complexity index is 515. The Morgan fingerprint density at radius 1 is 1.19 bits per heavy atom. The normalized spacial score (nSPS) is 16.2. The number of aliphatic imine (C=N–C) groups is 1. The van der Waals surface area contributed by atoms with Crippen LogP contribution < -0.4 is 10.6 Å². The number of hydrogen-bond donors (Lipinski definition) is 2. The molecular weight excluding hydrogens is 449 g/mol. The molecule has 6 heteroatoms. The molecule has 0 atom stereocenters. The van der Waals surface area contributed by atoms with Crippen LogP contribution in [-0.4, -0.2) is 68.1 Å². The van der Waals surface area contributed by atoms with Crippen molar-refractivity contribution in [3.63, 3.8) is 0 Å². The molecular formula is C21H38IN5. The summed E-state index contributed by atoms with van der Waals surface area (Å²) in [4.78, 5) is 9.68. The van der Waals surface area contributed by atoms with Crippen molar-refractivity contribution in [2.24, 2.45) is 4.99 Å². The molecule has 0 amide bonds. The maximum atomic E-state index is 4.78. The van der Waals surface area contributed by atoms with Crippen LogP contribution in [0.1, 0.15) is 38.7 Å². The Morgan fingerprint density at radius 2 is 1.89 bits per heavy atom. The van der Waals surface area contributed by atoms with Crippen LogP contribution in [0.3, 0.4) is 0 Å². The monoisotopic (exact) mass is 487 g/mol. The second-order valence-electron chi connectivity index (χ2n) is 7.24. The first-order chi connectivity index (χ1) is 12.7. The molecule has 2 N–H and O–H groups in total. The number of piperidine rings is 1. The minimum Gasteiger partial charge on any atom is -0.357 e. The summed E-state index contributed by atoms with van der Waals surface area (Å²) in [6, 6.07) is 11.2. The van der Waals surface area contributed by atoms with Crippen LogP contribution in [-0.2, 0) is 6.54 Å². The van der Waals surface area contributed by atoms with E-state index in [4.69, 9.17) is 4.99 Å². The summed E-state index contributed by atoms with van der Waals surface area (Å²) in [7, 11) is 2.16. The zero-order chi connectivity index (χ0) is 18.6. The highest BCUT2D eigenvalue weighted by Crippen LogP contribution is 2.10. The van der Waals surface area contributed by atoms with Gasteiger partial charge in [0.1, 0.15) is 0 Å². The van der Waals surface area contributed by atoms with Gasteiger partial charge in [0.05, 0.1) is 6.54 Å². The van der Waals surface area contributed by atoms with Crippen LogP contribution in [0.25, 0.3) is 0 Å². The summed E-state index contributed by atoms with van der Waals surface area (Å²) in [5.74, 6) is 0.967. The van der Waals surface area contributed by atoms with Gasteiger partial charge in [-0.15, -0.1) is 24.0 Å². The van der Waals surface area contributed by atoms with Gasteiger partial charge in [-0.25, -0.2) is 0 Å². The lowest BCUT2D eigenvalue weighted by molar-refractivity contribution is 0.206. The highest BCUT2D eigenvalue weighted by molar-refractivity contribution is 14.0. The van der Waals surface area contributed by atoms with Gasteiger partial charge in [-0.05, 0) is 45.3 Å². The van der Waals surface area contributed by atoms with Crippen molar-refractivity contribution in [1.29, 1.82) is 0 Å². The molecule has 1 heterocycles. The lowest BCUT2D eigenvalue weighted by Gasteiger charge is -2.32. The largest absolute Gasteiger partial charge is 0.357 e. The van der Waals surface area contributed by atoms with Gasteiger partial charge in [-0.1, -0.05) is 37.3 Å². The highest BCUT2D eigenvalue weighted by Gasteiger charge is 2.19. The van der Waals surface area contributed by atoms with Crippen LogP contribution >= 0.6 is 24.0 Å². The van der Waals surface area contributed by atoms with Gasteiger partial charge in [-0.2, -0.15) is 0 Å². The third kappa shape index (κ3) is 9.76. The van der Waals surface area contributed by atoms with E-state index in [9.17, 15) is 0 Å². The second kappa shape index (κ2) is 14.2. The SMILES string of the molecule is CCCN1CCC(NC(=NCCN(C)Cc2ccccc2)NCC)CC1.I. The van der Waals surface area contributed by atoms with Crippen molar-refractivity contribution in [3.05, 3.63) is 35.9 Å². The predicted molar refractivity (Wildman–Crippen MR) is 127 cm³/mol. The molecule has 27 heavy (non-hydrogen) atoms. The van der Waals surface area contributed by atoms with Crippen molar-refractivity contribution in [1.82, 2.24) is 20.4 Å². The summed E-state index contributed by atoms with van der Waals surface area (Å²) < 4.78 is 0. The molecule has 0 aromatic heterocycles. The van der Waals surface area contributed by atoms with E-state index in [0.29, 0.717) is 6.04 Å². The minimum absolute atomic E-state index is 0. The fourth-order valence-corrected chi connectivity index (χ4v) is 3.44. The Hall–Kier alpha value is -0.860. The summed E-state index contributed by atoms with van der Waals surface area (Å²) in [5, 5.41) is 7.03. The molecule has 5 nitrogen and oxygen atoms in total. The average Bonchev–Trinajstić information content (AvgIpc) is 2.64. The molecule has 1 aliphatic heterocycles. The van der Waals surface area contributed by atoms with Crippen LogP contribution in [0.5, 0.6) is 0 Å². The van der Waals surface area contributed by atoms with Crippen LogP contribution in [0.4, 0.5) is 0 Å². The first-order valence-electron chi connectivity index (χ1n) is 10.2. The van der Waals surface area contributed by atoms with E-state index in [1.165, 1.54) is 44.5 Å². The number of likely N-dealkylation sites (N-methyl/N-ethyl adjacent to an activating group) is 1. The van der Waals surface area contributed by atoms with Crippen LogP contribution in [0, 0.1) is 0 Å². The van der Waals surface area contributed by atoms with E-state index in [0.717, 1.165) is 32.1 Å². The van der Waals surface area contributed by atoms with E-state index in [1.54, 1.807) is 0 Å². The minimum atomic E-state index is 0. The van der Waals surface area contributed by atoms with E-state index < -0.39 is 0 Å². The van der Waals surface area contributed by atoms with Crippen molar-refractivity contribution in [2.45, 2.75) is 45.7 Å². The lowest BCUT2D eigenvalue weighted by Crippen LogP contribution is -2.49. The smallest absolute Gasteiger partial charge is 0.191 e. The highest BCUT2D eigenvalue weighted by atomic mass is 127. The molecule has 154 valence electrons. The molecule has 1 fully saturated rings. The summed E-state index contributed by atoms with van der Waals surface area (Å²) in [6.45, 7) is 11.7. The van der Waals surface area contributed by atoms with Crippen LogP contribution in [0.2, 0.25) is 0 Å². The molecule has 0 unspecified atom stereocenters. The Morgan fingerprint density at radius 3 is 2.52 bits per heavy atom. The van der Waals surface area contributed by atoms with Gasteiger partial charge in [0, 0.05) is 38.8 Å².